The summed E-state index contributed by atoms with van der Waals surface area (Å²) in [5.74, 6) is -0.272. The fraction of sp³-hybridized carbons (Fsp3) is 0.500. The van der Waals surface area contributed by atoms with Crippen LogP contribution in [0, 0.1) is 6.92 Å². The van der Waals surface area contributed by atoms with Crippen LogP contribution in [0.25, 0.3) is 0 Å². The van der Waals surface area contributed by atoms with Crippen LogP contribution in [0.5, 0.6) is 0 Å². The third-order valence-corrected chi connectivity index (χ3v) is 1.57. The van der Waals surface area contributed by atoms with Crippen molar-refractivity contribution in [3.05, 3.63) is 23.5 Å². The predicted molar refractivity (Wildman–Crippen MR) is 50.7 cm³/mol. The molecule has 1 aromatic heterocycles. The van der Waals surface area contributed by atoms with Crippen molar-refractivity contribution < 1.29 is 9.53 Å². The van der Waals surface area contributed by atoms with Gasteiger partial charge < -0.3 is 9.72 Å². The van der Waals surface area contributed by atoms with E-state index in [1.54, 1.807) is 12.4 Å². The molecule has 0 fully saturated rings. The number of ether oxygens (including phenoxy) is 1. The van der Waals surface area contributed by atoms with Crippen LogP contribution >= 0.6 is 0 Å². The Balaban J connectivity index is 2.76. The van der Waals surface area contributed by atoms with Crippen molar-refractivity contribution in [2.75, 3.05) is 0 Å². The molecule has 0 amide bonds. The summed E-state index contributed by atoms with van der Waals surface area (Å²) in [6.07, 6.45) is 3.43. The number of aryl methyl sites for hydroxylation is 1. The first kappa shape index (κ1) is 9.84. The molecule has 3 heteroatoms. The van der Waals surface area contributed by atoms with Gasteiger partial charge in [0.1, 0.15) is 5.60 Å². The maximum atomic E-state index is 11.5. The molecule has 1 rings (SSSR count). The fourth-order valence-corrected chi connectivity index (χ4v) is 0.995. The van der Waals surface area contributed by atoms with Gasteiger partial charge in [-0.25, -0.2) is 4.79 Å². The first-order valence-electron chi connectivity index (χ1n) is 4.27. The topological polar surface area (TPSA) is 42.1 Å². The monoisotopic (exact) mass is 181 g/mol. The largest absolute Gasteiger partial charge is 0.456 e. The molecule has 0 unspecified atom stereocenters. The maximum absolute atomic E-state index is 11.5. The third-order valence-electron chi connectivity index (χ3n) is 1.57. The number of hydrogen-bond donors (Lipinski definition) is 1. The van der Waals surface area contributed by atoms with Crippen molar-refractivity contribution in [2.45, 2.75) is 33.3 Å². The summed E-state index contributed by atoms with van der Waals surface area (Å²) in [5, 5.41) is 0. The Morgan fingerprint density at radius 1 is 1.38 bits per heavy atom. The highest BCUT2D eigenvalue weighted by molar-refractivity contribution is 5.91. The van der Waals surface area contributed by atoms with Gasteiger partial charge in [0.05, 0.1) is 5.56 Å². The molecular formula is C10H15NO2. The zero-order valence-corrected chi connectivity index (χ0v) is 8.47. The normalized spacial score (nSPS) is 11.4. The summed E-state index contributed by atoms with van der Waals surface area (Å²) in [6.45, 7) is 7.43. The number of aromatic nitrogens is 1. The van der Waals surface area contributed by atoms with Crippen molar-refractivity contribution in [3.8, 4) is 0 Å². The van der Waals surface area contributed by atoms with Gasteiger partial charge in [0.2, 0.25) is 0 Å². The second-order valence-corrected chi connectivity index (χ2v) is 4.05. The smallest absolute Gasteiger partial charge is 0.340 e. The zero-order chi connectivity index (χ0) is 10.1. The van der Waals surface area contributed by atoms with Crippen LogP contribution in [0.2, 0.25) is 0 Å². The number of rotatable bonds is 1. The number of esters is 1. The van der Waals surface area contributed by atoms with Crippen molar-refractivity contribution in [2.24, 2.45) is 0 Å². The van der Waals surface area contributed by atoms with Gasteiger partial charge in [-0.1, -0.05) is 0 Å². The van der Waals surface area contributed by atoms with Crippen LogP contribution in [0.3, 0.4) is 0 Å². The molecule has 0 bridgehead atoms. The van der Waals surface area contributed by atoms with Gasteiger partial charge in [0.25, 0.3) is 0 Å². The average molecular weight is 181 g/mol. The molecule has 72 valence electrons. The summed E-state index contributed by atoms with van der Waals surface area (Å²) < 4.78 is 5.20. The van der Waals surface area contributed by atoms with Crippen LogP contribution in [-0.4, -0.2) is 16.6 Å². The Bertz CT molecular complexity index is 307. The number of aromatic amines is 1. The lowest BCUT2D eigenvalue weighted by molar-refractivity contribution is 0.00691. The molecule has 0 radical (unpaired) electrons. The molecule has 1 N–H and O–H groups in total. The Morgan fingerprint density at radius 3 is 2.38 bits per heavy atom. The Hall–Kier alpha value is -1.25. The molecule has 0 aliphatic carbocycles. The average Bonchev–Trinajstić information content (AvgIpc) is 2.30. The Kier molecular flexibility index (Phi) is 2.45. The Morgan fingerprint density at radius 2 is 2.00 bits per heavy atom. The highest BCUT2D eigenvalue weighted by atomic mass is 16.6. The zero-order valence-electron chi connectivity index (χ0n) is 8.47. The van der Waals surface area contributed by atoms with E-state index in [2.05, 4.69) is 4.98 Å². The van der Waals surface area contributed by atoms with Crippen LogP contribution in [-0.2, 0) is 4.74 Å². The highest BCUT2D eigenvalue weighted by Gasteiger charge is 2.19. The molecular weight excluding hydrogens is 166 g/mol. The molecule has 0 atom stereocenters. The number of nitrogens with one attached hydrogen (secondary N) is 1. The van der Waals surface area contributed by atoms with E-state index in [9.17, 15) is 4.79 Å². The van der Waals surface area contributed by atoms with Crippen LogP contribution < -0.4 is 0 Å². The molecule has 1 aromatic rings. The fourth-order valence-electron chi connectivity index (χ4n) is 0.995. The number of carbonyl (C=O) groups is 1. The number of hydrogen-bond acceptors (Lipinski definition) is 2. The molecule has 0 aliphatic rings. The minimum atomic E-state index is -0.430. The number of H-pyrrole nitrogens is 1. The number of carbonyl (C=O) groups excluding carboxylic acids is 1. The summed E-state index contributed by atoms with van der Waals surface area (Å²) in [5.41, 5.74) is 1.09. The van der Waals surface area contributed by atoms with Crippen molar-refractivity contribution >= 4 is 5.97 Å². The van der Waals surface area contributed by atoms with E-state index < -0.39 is 5.60 Å². The quantitative estimate of drug-likeness (QED) is 0.675. The van der Waals surface area contributed by atoms with Gasteiger partial charge in [0.15, 0.2) is 0 Å². The lowest BCUT2D eigenvalue weighted by atomic mass is 10.2. The SMILES string of the molecule is Cc1c[nH]cc1C(=O)OC(C)(C)C. The van der Waals surface area contributed by atoms with E-state index in [0.29, 0.717) is 5.56 Å². The van der Waals surface area contributed by atoms with Crippen LogP contribution in [0.1, 0.15) is 36.7 Å². The van der Waals surface area contributed by atoms with Crippen molar-refractivity contribution in [1.29, 1.82) is 0 Å². The predicted octanol–water partition coefficient (Wildman–Crippen LogP) is 2.28. The molecule has 1 heterocycles. The minimum Gasteiger partial charge on any atom is -0.456 e. The first-order chi connectivity index (χ1) is 5.90. The summed E-state index contributed by atoms with van der Waals surface area (Å²) in [7, 11) is 0. The second-order valence-electron chi connectivity index (χ2n) is 4.05. The van der Waals surface area contributed by atoms with E-state index in [1.807, 2.05) is 27.7 Å². The van der Waals surface area contributed by atoms with Gasteiger partial charge in [-0.2, -0.15) is 0 Å². The third kappa shape index (κ3) is 2.61. The van der Waals surface area contributed by atoms with E-state index in [0.717, 1.165) is 5.56 Å². The summed E-state index contributed by atoms with van der Waals surface area (Å²) in [6, 6.07) is 0. The van der Waals surface area contributed by atoms with Gasteiger partial charge in [-0.3, -0.25) is 0 Å². The van der Waals surface area contributed by atoms with E-state index in [1.165, 1.54) is 0 Å². The Labute approximate surface area is 78.1 Å². The van der Waals surface area contributed by atoms with Crippen molar-refractivity contribution in [1.82, 2.24) is 4.98 Å². The van der Waals surface area contributed by atoms with Crippen molar-refractivity contribution in [3.63, 3.8) is 0 Å². The lowest BCUT2D eigenvalue weighted by Gasteiger charge is -2.19. The summed E-state index contributed by atoms with van der Waals surface area (Å²) >= 11 is 0. The van der Waals surface area contributed by atoms with Gasteiger partial charge >= 0.3 is 5.97 Å². The van der Waals surface area contributed by atoms with E-state index >= 15 is 0 Å². The molecule has 0 saturated carbocycles. The van der Waals surface area contributed by atoms with Gasteiger partial charge in [0, 0.05) is 12.4 Å². The van der Waals surface area contributed by atoms with Crippen LogP contribution in [0.15, 0.2) is 12.4 Å². The molecule has 0 aromatic carbocycles. The minimum absolute atomic E-state index is 0.272. The molecule has 0 saturated heterocycles. The first-order valence-corrected chi connectivity index (χ1v) is 4.27. The molecule has 0 aliphatic heterocycles. The highest BCUT2D eigenvalue weighted by Crippen LogP contribution is 2.14. The molecule has 3 nitrogen and oxygen atoms in total. The maximum Gasteiger partial charge on any atom is 0.340 e. The van der Waals surface area contributed by atoms with Gasteiger partial charge in [-0.05, 0) is 33.3 Å². The van der Waals surface area contributed by atoms with E-state index in [4.69, 9.17) is 4.74 Å². The second kappa shape index (κ2) is 3.24. The molecule has 13 heavy (non-hydrogen) atoms. The molecule has 0 spiro atoms. The standard InChI is InChI=1S/C10H15NO2/c1-7-5-11-6-8(7)9(12)13-10(2,3)4/h5-6,11H,1-4H3. The van der Waals surface area contributed by atoms with Crippen LogP contribution in [0.4, 0.5) is 0 Å². The summed E-state index contributed by atoms with van der Waals surface area (Å²) in [4.78, 5) is 14.4. The van der Waals surface area contributed by atoms with E-state index in [-0.39, 0.29) is 5.97 Å². The van der Waals surface area contributed by atoms with Gasteiger partial charge in [-0.15, -0.1) is 0 Å². The lowest BCUT2D eigenvalue weighted by Crippen LogP contribution is -2.23.